The summed E-state index contributed by atoms with van der Waals surface area (Å²) in [4.78, 5) is 2.84. The Kier molecular flexibility index (Phi) is 33.4. The lowest BCUT2D eigenvalue weighted by atomic mass is 10.0. The van der Waals surface area contributed by atoms with Crippen molar-refractivity contribution in [2.45, 2.75) is 221 Å². The molecule has 0 radical (unpaired) electrons. The van der Waals surface area contributed by atoms with Crippen LogP contribution in [-0.2, 0) is 0 Å². The van der Waals surface area contributed by atoms with Gasteiger partial charge in [0.15, 0.2) is 0 Å². The van der Waals surface area contributed by atoms with Gasteiger partial charge in [-0.1, -0.05) is 202 Å². The van der Waals surface area contributed by atoms with E-state index in [0.717, 1.165) is 11.8 Å². The van der Waals surface area contributed by atoms with Crippen LogP contribution < -0.4 is 0 Å². The Morgan fingerprint density at radius 1 is 0.300 bits per heavy atom. The maximum Gasteiger partial charge on any atom is -0.00187 e. The predicted molar refractivity (Wildman–Crippen MR) is 186 cm³/mol. The van der Waals surface area contributed by atoms with Crippen LogP contribution in [0.5, 0.6) is 0 Å². The topological polar surface area (TPSA) is 3.24 Å². The predicted octanol–water partition coefficient (Wildman–Crippen LogP) is 13.9. The quantitative estimate of drug-likeness (QED) is 0.0704. The van der Waals surface area contributed by atoms with Gasteiger partial charge in [0, 0.05) is 0 Å². The molecule has 1 nitrogen and oxygen atoms in total. The van der Waals surface area contributed by atoms with Crippen LogP contribution in [-0.4, -0.2) is 24.5 Å². The third kappa shape index (κ3) is 34.2. The van der Waals surface area contributed by atoms with Gasteiger partial charge in [-0.15, -0.1) is 0 Å². The van der Waals surface area contributed by atoms with Crippen molar-refractivity contribution in [1.29, 1.82) is 0 Å². The molecule has 1 heteroatoms. The molecule has 0 aromatic heterocycles. The second-order valence-electron chi connectivity index (χ2n) is 14.4. The van der Waals surface area contributed by atoms with Gasteiger partial charge in [-0.25, -0.2) is 0 Å². The Hall–Kier alpha value is -0.0400. The summed E-state index contributed by atoms with van der Waals surface area (Å²) in [5.41, 5.74) is 0. The molecule has 0 aromatic rings. The van der Waals surface area contributed by atoms with Crippen LogP contribution in [0.3, 0.4) is 0 Å². The molecule has 0 heterocycles. The molecule has 0 amide bonds. The first-order valence-electron chi connectivity index (χ1n) is 19.3. The summed E-state index contributed by atoms with van der Waals surface area (Å²) in [7, 11) is 0. The molecule has 0 unspecified atom stereocenters. The van der Waals surface area contributed by atoms with Crippen LogP contribution >= 0.6 is 0 Å². The molecule has 0 saturated heterocycles. The average Bonchev–Trinajstić information content (AvgIpc) is 2.92. The van der Waals surface area contributed by atoms with Crippen LogP contribution in [0.2, 0.25) is 0 Å². The highest BCUT2D eigenvalue weighted by atomic mass is 15.1. The second-order valence-corrected chi connectivity index (χ2v) is 14.4. The molecule has 40 heavy (non-hydrogen) atoms. The molecular weight excluding hydrogens is 482 g/mol. The van der Waals surface area contributed by atoms with E-state index in [0.29, 0.717) is 0 Å². The number of hydrogen-bond acceptors (Lipinski definition) is 1. The normalized spacial score (nSPS) is 12.0. The standard InChI is InChI=1S/C39H81N/c1-6-7-8-25-30-35-40(36-31-26-21-17-13-9-11-15-19-23-28-33-38(2)3)37-32-27-22-18-14-10-12-16-20-24-29-34-39(4)5/h38-39H,6-37H2,1-5H3. The zero-order valence-corrected chi connectivity index (χ0v) is 29.2. The highest BCUT2D eigenvalue weighted by molar-refractivity contribution is 4.61. The number of unbranched alkanes of at least 4 members (excludes halogenated alkanes) is 24. The Balaban J connectivity index is 3.71. The largest absolute Gasteiger partial charge is 0.303 e. The van der Waals surface area contributed by atoms with Crippen LogP contribution in [0, 0.1) is 11.8 Å². The Labute approximate surface area is 256 Å². The second kappa shape index (κ2) is 33.5. The first-order chi connectivity index (χ1) is 19.6. The van der Waals surface area contributed by atoms with E-state index in [1.165, 1.54) is 206 Å². The van der Waals surface area contributed by atoms with Crippen LogP contribution in [0.15, 0.2) is 0 Å². The molecular formula is C39H81N. The molecule has 0 aliphatic heterocycles. The molecule has 242 valence electrons. The van der Waals surface area contributed by atoms with Crippen LogP contribution in [0.1, 0.15) is 221 Å². The van der Waals surface area contributed by atoms with Crippen molar-refractivity contribution in [1.82, 2.24) is 4.90 Å². The molecule has 0 spiro atoms. The van der Waals surface area contributed by atoms with E-state index in [2.05, 4.69) is 39.5 Å². The van der Waals surface area contributed by atoms with Gasteiger partial charge in [0.25, 0.3) is 0 Å². The third-order valence-corrected chi connectivity index (χ3v) is 9.09. The van der Waals surface area contributed by atoms with E-state index in [9.17, 15) is 0 Å². The van der Waals surface area contributed by atoms with Gasteiger partial charge in [0.1, 0.15) is 0 Å². The first kappa shape index (κ1) is 40.0. The summed E-state index contributed by atoms with van der Waals surface area (Å²) in [5, 5.41) is 0. The Morgan fingerprint density at radius 3 is 0.775 bits per heavy atom. The molecule has 0 aliphatic rings. The van der Waals surface area contributed by atoms with E-state index >= 15 is 0 Å². The minimum atomic E-state index is 0.890. The van der Waals surface area contributed by atoms with Crippen molar-refractivity contribution >= 4 is 0 Å². The summed E-state index contributed by atoms with van der Waals surface area (Å²) in [6.45, 7) is 15.8. The van der Waals surface area contributed by atoms with Crippen molar-refractivity contribution < 1.29 is 0 Å². The van der Waals surface area contributed by atoms with Crippen molar-refractivity contribution in [2.24, 2.45) is 11.8 Å². The fourth-order valence-corrected chi connectivity index (χ4v) is 6.23. The fraction of sp³-hybridized carbons (Fsp3) is 1.00. The van der Waals surface area contributed by atoms with Gasteiger partial charge < -0.3 is 4.90 Å². The summed E-state index contributed by atoms with van der Waals surface area (Å²) in [5.74, 6) is 1.78. The fourth-order valence-electron chi connectivity index (χ4n) is 6.23. The van der Waals surface area contributed by atoms with Crippen molar-refractivity contribution in [3.05, 3.63) is 0 Å². The van der Waals surface area contributed by atoms with Crippen LogP contribution in [0.25, 0.3) is 0 Å². The number of nitrogens with zero attached hydrogens (tertiary/aromatic N) is 1. The lowest BCUT2D eigenvalue weighted by Crippen LogP contribution is -2.27. The Bertz CT molecular complexity index is 408. The molecule has 0 aromatic carbocycles. The average molecular weight is 564 g/mol. The van der Waals surface area contributed by atoms with Crippen molar-refractivity contribution in [3.63, 3.8) is 0 Å². The van der Waals surface area contributed by atoms with Gasteiger partial charge in [0.2, 0.25) is 0 Å². The minimum absolute atomic E-state index is 0.890. The number of hydrogen-bond donors (Lipinski definition) is 0. The van der Waals surface area contributed by atoms with Gasteiger partial charge in [-0.2, -0.15) is 0 Å². The summed E-state index contributed by atoms with van der Waals surface area (Å²) in [6, 6.07) is 0. The highest BCUT2D eigenvalue weighted by Gasteiger charge is 2.05. The lowest BCUT2D eigenvalue weighted by Gasteiger charge is -2.22. The Morgan fingerprint density at radius 2 is 0.525 bits per heavy atom. The first-order valence-corrected chi connectivity index (χ1v) is 19.3. The van der Waals surface area contributed by atoms with Gasteiger partial charge >= 0.3 is 0 Å². The van der Waals surface area contributed by atoms with E-state index < -0.39 is 0 Å². The van der Waals surface area contributed by atoms with Crippen LogP contribution in [0.4, 0.5) is 0 Å². The number of rotatable bonds is 34. The lowest BCUT2D eigenvalue weighted by molar-refractivity contribution is 0.254. The molecule has 0 N–H and O–H groups in total. The summed E-state index contributed by atoms with van der Waals surface area (Å²) < 4.78 is 0. The molecule has 0 bridgehead atoms. The van der Waals surface area contributed by atoms with Crippen molar-refractivity contribution in [3.8, 4) is 0 Å². The molecule has 0 saturated carbocycles. The van der Waals surface area contributed by atoms with Gasteiger partial charge in [0.05, 0.1) is 0 Å². The zero-order chi connectivity index (χ0) is 29.4. The maximum absolute atomic E-state index is 2.84. The molecule has 0 rings (SSSR count). The molecule has 0 fully saturated rings. The third-order valence-electron chi connectivity index (χ3n) is 9.09. The van der Waals surface area contributed by atoms with Gasteiger partial charge in [-0.3, -0.25) is 0 Å². The SMILES string of the molecule is CCCCCCCN(CCCCCCCCCCCCCC(C)C)CCCCCCCCCCCCCC(C)C. The summed E-state index contributed by atoms with van der Waals surface area (Å²) >= 11 is 0. The minimum Gasteiger partial charge on any atom is -0.303 e. The van der Waals surface area contributed by atoms with E-state index in [1.54, 1.807) is 0 Å². The van der Waals surface area contributed by atoms with E-state index in [1.807, 2.05) is 0 Å². The summed E-state index contributed by atoms with van der Waals surface area (Å²) in [6.07, 6.45) is 42.2. The molecule has 0 aliphatic carbocycles. The zero-order valence-electron chi connectivity index (χ0n) is 29.2. The monoisotopic (exact) mass is 564 g/mol. The van der Waals surface area contributed by atoms with Crippen molar-refractivity contribution in [2.75, 3.05) is 19.6 Å². The van der Waals surface area contributed by atoms with Gasteiger partial charge in [-0.05, 0) is 50.7 Å². The molecule has 0 atom stereocenters. The smallest absolute Gasteiger partial charge is 0.00187 e. The highest BCUT2D eigenvalue weighted by Crippen LogP contribution is 2.16. The van der Waals surface area contributed by atoms with E-state index in [4.69, 9.17) is 0 Å². The maximum atomic E-state index is 2.84. The van der Waals surface area contributed by atoms with E-state index in [-0.39, 0.29) is 0 Å².